The summed E-state index contributed by atoms with van der Waals surface area (Å²) in [5.74, 6) is 1.97. The highest BCUT2D eigenvalue weighted by atomic mass is 16.5. The fourth-order valence-electron chi connectivity index (χ4n) is 4.39. The molecule has 5 N–H and O–H groups in total. The van der Waals surface area contributed by atoms with Gasteiger partial charge in [-0.2, -0.15) is 5.06 Å². The van der Waals surface area contributed by atoms with Gasteiger partial charge in [-0.1, -0.05) is 19.3 Å². The maximum atomic E-state index is 10.4. The molecule has 4 aliphatic rings. The predicted molar refractivity (Wildman–Crippen MR) is 106 cm³/mol. The minimum atomic E-state index is 0.382. The van der Waals surface area contributed by atoms with Gasteiger partial charge in [0.25, 0.3) is 0 Å². The van der Waals surface area contributed by atoms with Crippen molar-refractivity contribution < 1.29 is 5.21 Å². The summed E-state index contributed by atoms with van der Waals surface area (Å²) in [6.45, 7) is 3.48. The van der Waals surface area contributed by atoms with Crippen LogP contribution in [-0.2, 0) is 0 Å². The van der Waals surface area contributed by atoms with Gasteiger partial charge in [0, 0.05) is 36.8 Å². The van der Waals surface area contributed by atoms with Gasteiger partial charge in [-0.15, -0.1) is 0 Å². The van der Waals surface area contributed by atoms with E-state index in [0.717, 1.165) is 43.3 Å². The topological polar surface area (TPSA) is 101 Å². The van der Waals surface area contributed by atoms with Crippen molar-refractivity contribution >= 4 is 11.7 Å². The molecule has 3 fully saturated rings. The number of nitrogens with zero attached hydrogens (tertiary/aromatic N) is 3. The number of rotatable bonds is 5. The second-order valence-corrected chi connectivity index (χ2v) is 8.46. The molecule has 2 saturated carbocycles. The van der Waals surface area contributed by atoms with Gasteiger partial charge >= 0.3 is 0 Å². The number of aliphatic imine (C=N–C) groups is 1. The summed E-state index contributed by atoms with van der Waals surface area (Å²) in [6, 6.07) is 1.06. The van der Waals surface area contributed by atoms with Crippen LogP contribution >= 0.6 is 0 Å². The number of nitrogens with two attached hydrogens (primary N) is 1. The zero-order valence-corrected chi connectivity index (χ0v) is 16.2. The number of hydrogen-bond acceptors (Lipinski definition) is 6. The Balaban J connectivity index is 1.44. The highest BCUT2D eigenvalue weighted by molar-refractivity contribution is 6.03. The van der Waals surface area contributed by atoms with Gasteiger partial charge in [-0.3, -0.25) is 10.6 Å². The number of nitrogens with one attached hydrogen (secondary N) is 2. The molecule has 1 unspecified atom stereocenters. The van der Waals surface area contributed by atoms with Crippen molar-refractivity contribution in [3.05, 3.63) is 23.2 Å². The smallest absolute Gasteiger partial charge is 0.172 e. The van der Waals surface area contributed by atoms with Crippen LogP contribution in [0.1, 0.15) is 58.3 Å². The predicted octanol–water partition coefficient (Wildman–Crippen LogP) is 2.55. The van der Waals surface area contributed by atoms with Crippen molar-refractivity contribution in [1.82, 2.24) is 15.3 Å². The summed E-state index contributed by atoms with van der Waals surface area (Å²) in [5, 5.41) is 24.1. The van der Waals surface area contributed by atoms with Gasteiger partial charge in [0.2, 0.25) is 0 Å². The Hall–Kier alpha value is -1.86. The third-order valence-electron chi connectivity index (χ3n) is 6.03. The van der Waals surface area contributed by atoms with Gasteiger partial charge in [0.15, 0.2) is 5.82 Å². The standard InChI is InChI=1S/C20H32N6O/c1-13(21)11-17(20-24-19(26(20)27)14-7-8-14)18(22)25-10-9-16(12-25)23-15-5-3-2-4-6-15/h11,14-16,22-23,27H,2-10,12,21H2,1H3/b13-11-,20-17?,22-18?. The average Bonchev–Trinajstić information content (AvgIpc) is 3.37. The monoisotopic (exact) mass is 372 g/mol. The molecule has 0 bridgehead atoms. The molecule has 4 rings (SSSR count). The molecule has 0 radical (unpaired) electrons. The fraction of sp³-hybridized carbons (Fsp3) is 0.700. The normalized spacial score (nSPS) is 28.9. The van der Waals surface area contributed by atoms with Gasteiger partial charge < -0.3 is 16.0 Å². The van der Waals surface area contributed by atoms with Crippen molar-refractivity contribution in [2.45, 2.75) is 70.4 Å². The Bertz CT molecular complexity index is 683. The summed E-state index contributed by atoms with van der Waals surface area (Å²) in [5.41, 5.74) is 7.12. The maximum absolute atomic E-state index is 10.4. The molecule has 1 saturated heterocycles. The lowest BCUT2D eigenvalue weighted by Crippen LogP contribution is -2.43. The van der Waals surface area contributed by atoms with Crippen molar-refractivity contribution in [3.63, 3.8) is 0 Å². The van der Waals surface area contributed by atoms with E-state index in [4.69, 9.17) is 11.1 Å². The maximum Gasteiger partial charge on any atom is 0.172 e. The summed E-state index contributed by atoms with van der Waals surface area (Å²) in [7, 11) is 0. The van der Waals surface area contributed by atoms with E-state index in [1.54, 1.807) is 13.0 Å². The summed E-state index contributed by atoms with van der Waals surface area (Å²) in [4.78, 5) is 6.60. The van der Waals surface area contributed by atoms with E-state index in [1.165, 1.54) is 32.1 Å². The number of hydrogen-bond donors (Lipinski definition) is 4. The number of allylic oxidation sites excluding steroid dienone is 1. The van der Waals surface area contributed by atoms with Crippen LogP contribution < -0.4 is 11.1 Å². The van der Waals surface area contributed by atoms with E-state index in [0.29, 0.717) is 40.9 Å². The molecule has 7 heteroatoms. The first-order valence-corrected chi connectivity index (χ1v) is 10.4. The zero-order chi connectivity index (χ0) is 19.0. The number of hydroxylamine groups is 2. The Morgan fingerprint density at radius 3 is 2.56 bits per heavy atom. The first-order valence-electron chi connectivity index (χ1n) is 10.4. The van der Waals surface area contributed by atoms with Crippen molar-refractivity contribution in [2.75, 3.05) is 13.1 Å². The van der Waals surface area contributed by atoms with Crippen LogP contribution in [0.5, 0.6) is 0 Å². The molecule has 0 aromatic heterocycles. The number of amidine groups is 2. The second-order valence-electron chi connectivity index (χ2n) is 8.46. The molecule has 1 atom stereocenters. The molecular weight excluding hydrogens is 340 g/mol. The van der Waals surface area contributed by atoms with Crippen LogP contribution in [-0.4, -0.2) is 52.0 Å². The fourth-order valence-corrected chi connectivity index (χ4v) is 4.39. The third-order valence-corrected chi connectivity index (χ3v) is 6.03. The van der Waals surface area contributed by atoms with Gasteiger partial charge in [0.05, 0.1) is 5.57 Å². The van der Waals surface area contributed by atoms with Crippen molar-refractivity contribution in [2.24, 2.45) is 16.6 Å². The van der Waals surface area contributed by atoms with E-state index in [-0.39, 0.29) is 0 Å². The zero-order valence-electron chi connectivity index (χ0n) is 16.2. The summed E-state index contributed by atoms with van der Waals surface area (Å²) < 4.78 is 0. The Labute approximate surface area is 161 Å². The Morgan fingerprint density at radius 1 is 1.19 bits per heavy atom. The quantitative estimate of drug-likeness (QED) is 0.439. The first kappa shape index (κ1) is 18.5. The summed E-state index contributed by atoms with van der Waals surface area (Å²) in [6.07, 6.45) is 11.5. The van der Waals surface area contributed by atoms with Crippen LogP contribution in [0.4, 0.5) is 0 Å². The molecule has 0 aromatic carbocycles. The van der Waals surface area contributed by atoms with Crippen LogP contribution in [0.25, 0.3) is 0 Å². The lowest BCUT2D eigenvalue weighted by atomic mass is 9.95. The molecule has 2 aliphatic heterocycles. The third kappa shape index (κ3) is 4.04. The van der Waals surface area contributed by atoms with E-state index in [1.807, 2.05) is 0 Å². The highest BCUT2D eigenvalue weighted by Crippen LogP contribution is 2.38. The SMILES string of the molecule is C/C(N)=C/C(C(=N)N1CCC(NC2CCCCC2)C1)=C1N=C(C2CC2)N1O. The lowest BCUT2D eigenvalue weighted by Gasteiger charge is -2.31. The van der Waals surface area contributed by atoms with E-state index >= 15 is 0 Å². The van der Waals surface area contributed by atoms with Crippen molar-refractivity contribution in [1.29, 1.82) is 5.41 Å². The van der Waals surface area contributed by atoms with Gasteiger partial charge in [0.1, 0.15) is 11.7 Å². The molecule has 0 amide bonds. The highest BCUT2D eigenvalue weighted by Gasteiger charge is 2.40. The first-order chi connectivity index (χ1) is 13.0. The van der Waals surface area contributed by atoms with E-state index in [2.05, 4.69) is 15.2 Å². The van der Waals surface area contributed by atoms with Crippen LogP contribution in [0.2, 0.25) is 0 Å². The molecule has 27 heavy (non-hydrogen) atoms. The molecular formula is C20H32N6O. The number of likely N-dealkylation sites (tertiary alicyclic amines) is 1. The van der Waals surface area contributed by atoms with Crippen LogP contribution in [0.15, 0.2) is 28.2 Å². The largest absolute Gasteiger partial charge is 0.402 e. The lowest BCUT2D eigenvalue weighted by molar-refractivity contribution is 0.0000809. The van der Waals surface area contributed by atoms with Crippen LogP contribution in [0, 0.1) is 11.3 Å². The van der Waals surface area contributed by atoms with Crippen LogP contribution in [0.3, 0.4) is 0 Å². The molecule has 148 valence electrons. The minimum Gasteiger partial charge on any atom is -0.402 e. The molecule has 2 heterocycles. The van der Waals surface area contributed by atoms with E-state index < -0.39 is 0 Å². The average molecular weight is 373 g/mol. The molecule has 7 nitrogen and oxygen atoms in total. The second kappa shape index (κ2) is 7.64. The Kier molecular flexibility index (Phi) is 5.23. The molecule has 0 spiro atoms. The summed E-state index contributed by atoms with van der Waals surface area (Å²) >= 11 is 0. The van der Waals surface area contributed by atoms with E-state index in [9.17, 15) is 5.21 Å². The van der Waals surface area contributed by atoms with Gasteiger partial charge in [-0.05, 0) is 45.1 Å². The molecule has 0 aromatic rings. The van der Waals surface area contributed by atoms with Gasteiger partial charge in [-0.25, -0.2) is 4.99 Å². The molecule has 2 aliphatic carbocycles. The minimum absolute atomic E-state index is 0.382. The Morgan fingerprint density at radius 2 is 1.93 bits per heavy atom. The van der Waals surface area contributed by atoms with Crippen molar-refractivity contribution in [3.8, 4) is 0 Å².